The summed E-state index contributed by atoms with van der Waals surface area (Å²) in [6.45, 7) is 1.02. The molecule has 1 fully saturated rings. The van der Waals surface area contributed by atoms with E-state index < -0.39 is 16.0 Å². The number of rotatable bonds is 4. The number of aromatic carboxylic acids is 1. The van der Waals surface area contributed by atoms with E-state index >= 15 is 0 Å². The molecule has 0 aliphatic carbocycles. The molecule has 0 saturated carbocycles. The number of hydrogen-bond acceptors (Lipinski definition) is 5. The van der Waals surface area contributed by atoms with E-state index in [2.05, 4.69) is 0 Å². The Balaban J connectivity index is 2.33. The van der Waals surface area contributed by atoms with E-state index in [1.807, 2.05) is 0 Å². The van der Waals surface area contributed by atoms with Gasteiger partial charge in [0.25, 0.3) is 0 Å². The Morgan fingerprint density at radius 1 is 1.45 bits per heavy atom. The van der Waals surface area contributed by atoms with Crippen LogP contribution in [0.15, 0.2) is 23.1 Å². The molecule has 1 saturated heterocycles. The van der Waals surface area contributed by atoms with Crippen LogP contribution in [0.2, 0.25) is 0 Å². The Hall–Kier alpha value is -1.64. The second kappa shape index (κ2) is 5.78. The minimum atomic E-state index is -4.07. The lowest BCUT2D eigenvalue weighted by atomic mass is 10.1. The highest BCUT2D eigenvalue weighted by Crippen LogP contribution is 2.26. The van der Waals surface area contributed by atoms with E-state index in [1.54, 1.807) is 0 Å². The maximum absolute atomic E-state index is 11.5. The van der Waals surface area contributed by atoms with Crippen molar-refractivity contribution in [3.63, 3.8) is 0 Å². The molecule has 8 heteroatoms. The lowest BCUT2D eigenvalue weighted by molar-refractivity contribution is 0.00619. The quantitative estimate of drug-likeness (QED) is 0.840. The Morgan fingerprint density at radius 3 is 2.75 bits per heavy atom. The van der Waals surface area contributed by atoms with Crippen LogP contribution >= 0.6 is 0 Å². The maximum Gasteiger partial charge on any atom is 0.335 e. The van der Waals surface area contributed by atoms with Crippen LogP contribution in [0.25, 0.3) is 0 Å². The van der Waals surface area contributed by atoms with E-state index in [0.717, 1.165) is 18.9 Å². The molecule has 0 spiro atoms. The standard InChI is InChI=1S/C12H15NO6S/c13-20(16,17)11-6-8(12(14)15)3-4-10(11)19-9-2-1-5-18-7-9/h3-4,6,9H,1-2,5,7H2,(H,14,15)(H2,13,16,17). The van der Waals surface area contributed by atoms with Gasteiger partial charge in [-0.3, -0.25) is 0 Å². The third-order valence-electron chi connectivity index (χ3n) is 2.91. The molecule has 1 aliphatic rings. The normalized spacial score (nSPS) is 19.6. The van der Waals surface area contributed by atoms with Crippen LogP contribution in [0.5, 0.6) is 5.75 Å². The number of sulfonamides is 1. The van der Waals surface area contributed by atoms with Gasteiger partial charge in [0.15, 0.2) is 0 Å². The maximum atomic E-state index is 11.5. The van der Waals surface area contributed by atoms with E-state index in [1.165, 1.54) is 12.1 Å². The van der Waals surface area contributed by atoms with Crippen molar-refractivity contribution in [1.82, 2.24) is 0 Å². The summed E-state index contributed by atoms with van der Waals surface area (Å²) in [6.07, 6.45) is 1.30. The Kier molecular flexibility index (Phi) is 4.26. The first-order chi connectivity index (χ1) is 9.38. The molecule has 1 heterocycles. The van der Waals surface area contributed by atoms with Crippen LogP contribution in [0.4, 0.5) is 0 Å². The van der Waals surface area contributed by atoms with Gasteiger partial charge in [-0.25, -0.2) is 18.4 Å². The van der Waals surface area contributed by atoms with Crippen molar-refractivity contribution in [3.8, 4) is 5.75 Å². The van der Waals surface area contributed by atoms with Gasteiger partial charge in [0.1, 0.15) is 16.7 Å². The molecule has 0 aromatic heterocycles. The molecule has 1 unspecified atom stereocenters. The lowest BCUT2D eigenvalue weighted by Crippen LogP contribution is -2.29. The number of benzene rings is 1. The van der Waals surface area contributed by atoms with E-state index in [-0.39, 0.29) is 22.3 Å². The van der Waals surface area contributed by atoms with Crippen molar-refractivity contribution in [2.45, 2.75) is 23.8 Å². The summed E-state index contributed by atoms with van der Waals surface area (Å²) < 4.78 is 33.9. The largest absolute Gasteiger partial charge is 0.487 e. The van der Waals surface area contributed by atoms with E-state index in [4.69, 9.17) is 19.7 Å². The number of carbonyl (C=O) groups is 1. The zero-order valence-corrected chi connectivity index (χ0v) is 11.4. The monoisotopic (exact) mass is 301 g/mol. The fraction of sp³-hybridized carbons (Fsp3) is 0.417. The van der Waals surface area contributed by atoms with Gasteiger partial charge < -0.3 is 14.6 Å². The number of carboxylic acids is 1. The first kappa shape index (κ1) is 14.8. The van der Waals surface area contributed by atoms with Crippen molar-refractivity contribution >= 4 is 16.0 Å². The van der Waals surface area contributed by atoms with Crippen molar-refractivity contribution in [1.29, 1.82) is 0 Å². The summed E-state index contributed by atoms with van der Waals surface area (Å²) in [5.74, 6) is -1.18. The fourth-order valence-electron chi connectivity index (χ4n) is 1.94. The fourth-order valence-corrected chi connectivity index (χ4v) is 2.63. The van der Waals surface area contributed by atoms with Gasteiger partial charge in [0, 0.05) is 6.61 Å². The minimum absolute atomic E-state index is 0.0491. The zero-order valence-electron chi connectivity index (χ0n) is 10.6. The predicted molar refractivity (Wildman–Crippen MR) is 69.2 cm³/mol. The van der Waals surface area contributed by atoms with E-state index in [0.29, 0.717) is 13.2 Å². The molecule has 7 nitrogen and oxygen atoms in total. The first-order valence-electron chi connectivity index (χ1n) is 6.02. The SMILES string of the molecule is NS(=O)(=O)c1cc(C(=O)O)ccc1OC1CCCOC1. The van der Waals surface area contributed by atoms with Crippen LogP contribution in [0.3, 0.4) is 0 Å². The van der Waals surface area contributed by atoms with Gasteiger partial charge in [0.05, 0.1) is 12.2 Å². The predicted octanol–water partition coefficient (Wildman–Crippen LogP) is 0.590. The Labute approximate surface area is 116 Å². The van der Waals surface area contributed by atoms with Crippen LogP contribution in [0, 0.1) is 0 Å². The summed E-state index contributed by atoms with van der Waals surface area (Å²) in [6, 6.07) is 3.57. The summed E-state index contributed by atoms with van der Waals surface area (Å²) >= 11 is 0. The zero-order chi connectivity index (χ0) is 14.8. The molecule has 110 valence electrons. The third kappa shape index (κ3) is 3.47. The average Bonchev–Trinajstić information content (AvgIpc) is 2.39. The number of ether oxygens (including phenoxy) is 2. The van der Waals surface area contributed by atoms with Gasteiger partial charge in [-0.2, -0.15) is 0 Å². The summed E-state index contributed by atoms with van der Waals surface area (Å²) in [5.41, 5.74) is -0.165. The molecule has 0 bridgehead atoms. The van der Waals surface area contributed by atoms with Gasteiger partial charge in [-0.1, -0.05) is 0 Å². The van der Waals surface area contributed by atoms with Crippen molar-refractivity contribution in [2.75, 3.05) is 13.2 Å². The Morgan fingerprint density at radius 2 is 2.20 bits per heavy atom. The molecular formula is C12H15NO6S. The summed E-state index contributed by atoms with van der Waals surface area (Å²) in [5, 5.41) is 14.0. The smallest absolute Gasteiger partial charge is 0.335 e. The molecule has 0 amide bonds. The van der Waals surface area contributed by atoms with Gasteiger partial charge in [-0.05, 0) is 31.0 Å². The van der Waals surface area contributed by atoms with Gasteiger partial charge >= 0.3 is 5.97 Å². The van der Waals surface area contributed by atoms with Crippen LogP contribution < -0.4 is 9.88 Å². The highest BCUT2D eigenvalue weighted by atomic mass is 32.2. The number of nitrogens with two attached hydrogens (primary N) is 1. The second-order valence-electron chi connectivity index (χ2n) is 4.47. The molecule has 1 aromatic rings. The van der Waals surface area contributed by atoms with Gasteiger partial charge in [0.2, 0.25) is 10.0 Å². The number of carboxylic acid groups (broad SMARTS) is 1. The summed E-state index contributed by atoms with van der Waals surface area (Å²) in [4.78, 5) is 10.6. The molecule has 2 rings (SSSR count). The molecule has 3 N–H and O–H groups in total. The highest BCUT2D eigenvalue weighted by molar-refractivity contribution is 7.89. The number of hydrogen-bond donors (Lipinski definition) is 2. The van der Waals surface area contributed by atoms with Crippen LogP contribution in [0.1, 0.15) is 23.2 Å². The lowest BCUT2D eigenvalue weighted by Gasteiger charge is -2.24. The van der Waals surface area contributed by atoms with Crippen molar-refractivity contribution < 1.29 is 27.8 Å². The second-order valence-corrected chi connectivity index (χ2v) is 6.00. The molecule has 1 atom stereocenters. The Bertz CT molecular complexity index is 606. The van der Waals surface area contributed by atoms with Gasteiger partial charge in [-0.15, -0.1) is 0 Å². The minimum Gasteiger partial charge on any atom is -0.487 e. The first-order valence-corrected chi connectivity index (χ1v) is 7.57. The highest BCUT2D eigenvalue weighted by Gasteiger charge is 2.22. The van der Waals surface area contributed by atoms with Crippen molar-refractivity contribution in [3.05, 3.63) is 23.8 Å². The molecule has 20 heavy (non-hydrogen) atoms. The number of primary sulfonamides is 1. The van der Waals surface area contributed by atoms with Crippen LogP contribution in [-0.2, 0) is 14.8 Å². The van der Waals surface area contributed by atoms with E-state index in [9.17, 15) is 13.2 Å². The average molecular weight is 301 g/mol. The molecule has 0 radical (unpaired) electrons. The molecule has 1 aliphatic heterocycles. The van der Waals surface area contributed by atoms with Crippen molar-refractivity contribution in [2.24, 2.45) is 5.14 Å². The third-order valence-corrected chi connectivity index (χ3v) is 3.84. The molecular weight excluding hydrogens is 286 g/mol. The molecule has 1 aromatic carbocycles. The summed E-state index contributed by atoms with van der Waals surface area (Å²) in [7, 11) is -4.07. The van der Waals surface area contributed by atoms with Crippen LogP contribution in [-0.4, -0.2) is 38.8 Å². The topological polar surface area (TPSA) is 116 Å².